The molecule has 0 fully saturated rings. The van der Waals surface area contributed by atoms with Gasteiger partial charge in [-0.1, -0.05) is 74.8 Å². The first kappa shape index (κ1) is 39.6. The summed E-state index contributed by atoms with van der Waals surface area (Å²) in [5, 5.41) is 19.1. The number of carbonyl (C=O) groups excluding carboxylic acids is 3. The number of aliphatic imine (C=N–C) groups is 1. The number of nitrogens with zero attached hydrogens (tertiary/aromatic N) is 2. The van der Waals surface area contributed by atoms with E-state index in [0.717, 1.165) is 28.0 Å². The highest BCUT2D eigenvalue weighted by Crippen LogP contribution is 2.34. The number of hydrogen-bond donors (Lipinski definition) is 4. The van der Waals surface area contributed by atoms with E-state index in [2.05, 4.69) is 27.5 Å². The summed E-state index contributed by atoms with van der Waals surface area (Å²) in [5.41, 5.74) is 5.89. The molecule has 3 amide bonds. The Morgan fingerprint density at radius 3 is 2.04 bits per heavy atom. The molecule has 0 aliphatic rings. The SMILES string of the molecule is C=C(/C(=C\N=C(C)Nc1ccccc1NC(=O)CC)CC)N(Cc1cccc(NC(=O)CC)c1)C(C)=O.Cc1cc(O)c(Cl)c(C)c1Cl. The molecule has 11 heteroatoms. The van der Waals surface area contributed by atoms with Gasteiger partial charge in [-0.25, -0.2) is 4.99 Å². The Morgan fingerprint density at radius 2 is 1.46 bits per heavy atom. The molecule has 3 rings (SSSR count). The molecule has 0 aromatic heterocycles. The molecule has 0 saturated heterocycles. The number of halogens is 2. The zero-order chi connectivity index (χ0) is 36.0. The van der Waals surface area contributed by atoms with E-state index in [-0.39, 0.29) is 23.5 Å². The molecule has 0 spiro atoms. The van der Waals surface area contributed by atoms with Crippen molar-refractivity contribution in [1.82, 2.24) is 4.90 Å². The number of aryl methyl sites for hydroxylation is 1. The molecule has 0 atom stereocenters. The topological polar surface area (TPSA) is 123 Å². The van der Waals surface area contributed by atoms with Crippen LogP contribution in [0.25, 0.3) is 0 Å². The van der Waals surface area contributed by atoms with Crippen LogP contribution in [0.5, 0.6) is 5.75 Å². The fourth-order valence-corrected chi connectivity index (χ4v) is 4.72. The smallest absolute Gasteiger partial charge is 0.224 e. The maximum atomic E-state index is 12.5. The Kier molecular flexibility index (Phi) is 15.9. The van der Waals surface area contributed by atoms with Crippen molar-refractivity contribution in [2.75, 3.05) is 16.0 Å². The van der Waals surface area contributed by atoms with Gasteiger partial charge in [-0.2, -0.15) is 0 Å². The van der Waals surface area contributed by atoms with E-state index < -0.39 is 0 Å². The molecule has 48 heavy (non-hydrogen) atoms. The Hall–Kier alpha value is -4.60. The van der Waals surface area contributed by atoms with Crippen molar-refractivity contribution < 1.29 is 19.5 Å². The van der Waals surface area contributed by atoms with E-state index in [1.165, 1.54) is 6.92 Å². The molecule has 0 aliphatic heterocycles. The average molecular weight is 695 g/mol. The quantitative estimate of drug-likeness (QED) is 0.0905. The number of anilines is 3. The summed E-state index contributed by atoms with van der Waals surface area (Å²) in [7, 11) is 0. The molecule has 0 saturated carbocycles. The first-order valence-corrected chi connectivity index (χ1v) is 16.4. The minimum atomic E-state index is -0.147. The monoisotopic (exact) mass is 693 g/mol. The van der Waals surface area contributed by atoms with Crippen LogP contribution in [0.4, 0.5) is 17.1 Å². The summed E-state index contributed by atoms with van der Waals surface area (Å²) in [4.78, 5) is 42.3. The fraction of sp³-hybridized carbons (Fsp3) is 0.297. The lowest BCUT2D eigenvalue weighted by molar-refractivity contribution is -0.127. The molecule has 3 aromatic carbocycles. The molecule has 3 aromatic rings. The number of carbonyl (C=O) groups is 3. The number of benzene rings is 3. The van der Waals surface area contributed by atoms with Gasteiger partial charge in [0.05, 0.1) is 22.9 Å². The van der Waals surface area contributed by atoms with Gasteiger partial charge in [0.15, 0.2) is 0 Å². The van der Waals surface area contributed by atoms with E-state index in [0.29, 0.717) is 58.8 Å². The standard InChI is InChI=1S/C29H37N5O3.C8H8Cl2O/c1-7-24(18-30-21(5)31-26-15-10-11-16-27(26)33-29(37)9-3)20(4)34(22(6)35)19-23-13-12-14-25(17-23)32-28(36)8-2;1-4-3-6(11)8(10)5(2)7(4)9/h10-18H,4,7-9,19H2,1-3,5-6H3,(H,30,31)(H,32,36)(H,33,37);3,11H,1-2H3/b24-18-;. The van der Waals surface area contributed by atoms with Crippen molar-refractivity contribution >= 4 is 63.8 Å². The van der Waals surface area contributed by atoms with Crippen molar-refractivity contribution in [3.05, 3.63) is 105 Å². The number of hydrogen-bond acceptors (Lipinski definition) is 5. The molecule has 0 heterocycles. The molecule has 0 bridgehead atoms. The molecule has 4 N–H and O–H groups in total. The second-order valence-corrected chi connectivity index (χ2v) is 11.7. The highest BCUT2D eigenvalue weighted by atomic mass is 35.5. The van der Waals surface area contributed by atoms with Crippen LogP contribution in [0.3, 0.4) is 0 Å². The van der Waals surface area contributed by atoms with E-state index in [1.807, 2.05) is 69.3 Å². The zero-order valence-corrected chi connectivity index (χ0v) is 30.1. The van der Waals surface area contributed by atoms with Gasteiger partial charge in [-0.05, 0) is 79.8 Å². The number of phenolic OH excluding ortho intramolecular Hbond substituents is 1. The first-order chi connectivity index (χ1) is 22.7. The molecule has 0 radical (unpaired) electrons. The fourth-order valence-electron chi connectivity index (χ4n) is 4.38. The zero-order valence-electron chi connectivity index (χ0n) is 28.6. The second-order valence-electron chi connectivity index (χ2n) is 10.9. The number of rotatable bonds is 11. The van der Waals surface area contributed by atoms with Gasteiger partial charge >= 0.3 is 0 Å². The summed E-state index contributed by atoms with van der Waals surface area (Å²) < 4.78 is 0. The van der Waals surface area contributed by atoms with Crippen LogP contribution in [0.1, 0.15) is 70.6 Å². The lowest BCUT2D eigenvalue weighted by atomic mass is 10.1. The molecule has 9 nitrogen and oxygen atoms in total. The Bertz CT molecular complexity index is 1670. The van der Waals surface area contributed by atoms with Gasteiger partial charge in [0, 0.05) is 42.4 Å². The molecule has 0 aliphatic carbocycles. The molecule has 256 valence electrons. The van der Waals surface area contributed by atoms with Crippen LogP contribution in [0.2, 0.25) is 10.0 Å². The number of amidine groups is 1. The minimum absolute atomic E-state index is 0.0709. The highest BCUT2D eigenvalue weighted by molar-refractivity contribution is 6.37. The van der Waals surface area contributed by atoms with E-state index >= 15 is 0 Å². The van der Waals surface area contributed by atoms with Crippen LogP contribution < -0.4 is 16.0 Å². The number of para-hydroxylation sites is 2. The van der Waals surface area contributed by atoms with Crippen LogP contribution in [0.15, 0.2) is 83.6 Å². The molecular formula is C37H45Cl2N5O4. The summed E-state index contributed by atoms with van der Waals surface area (Å²) in [6.07, 6.45) is 3.09. The van der Waals surface area contributed by atoms with Gasteiger partial charge in [-0.15, -0.1) is 0 Å². The largest absolute Gasteiger partial charge is 0.506 e. The highest BCUT2D eigenvalue weighted by Gasteiger charge is 2.17. The van der Waals surface area contributed by atoms with Crippen molar-refractivity contribution in [2.45, 2.75) is 74.3 Å². The lowest BCUT2D eigenvalue weighted by Crippen LogP contribution is -2.28. The number of phenols is 1. The van der Waals surface area contributed by atoms with E-state index in [1.54, 1.807) is 37.9 Å². The Morgan fingerprint density at radius 1 is 0.854 bits per heavy atom. The minimum Gasteiger partial charge on any atom is -0.506 e. The maximum absolute atomic E-state index is 12.5. The normalized spacial score (nSPS) is 11.2. The van der Waals surface area contributed by atoms with E-state index in [9.17, 15) is 19.5 Å². The maximum Gasteiger partial charge on any atom is 0.224 e. The number of aromatic hydroxyl groups is 1. The van der Waals surface area contributed by atoms with Gasteiger partial charge in [0.2, 0.25) is 17.7 Å². The van der Waals surface area contributed by atoms with Crippen molar-refractivity contribution in [1.29, 1.82) is 0 Å². The Balaban J connectivity index is 0.000000613. The van der Waals surface area contributed by atoms with Gasteiger partial charge in [0.1, 0.15) is 11.6 Å². The second kappa shape index (κ2) is 19.3. The van der Waals surface area contributed by atoms with E-state index in [4.69, 9.17) is 23.2 Å². The van der Waals surface area contributed by atoms with Gasteiger partial charge in [-0.3, -0.25) is 14.4 Å². The third kappa shape index (κ3) is 11.9. The van der Waals surface area contributed by atoms with Crippen molar-refractivity contribution in [3.8, 4) is 5.75 Å². The first-order valence-electron chi connectivity index (χ1n) is 15.6. The third-order valence-electron chi connectivity index (χ3n) is 7.16. The summed E-state index contributed by atoms with van der Waals surface area (Å²) in [6, 6.07) is 16.4. The van der Waals surface area contributed by atoms with Crippen LogP contribution in [0, 0.1) is 13.8 Å². The summed E-state index contributed by atoms with van der Waals surface area (Å²) in [6.45, 7) is 17.0. The number of amides is 3. The third-order valence-corrected chi connectivity index (χ3v) is 8.22. The summed E-state index contributed by atoms with van der Waals surface area (Å²) >= 11 is 11.6. The molecule has 0 unspecified atom stereocenters. The Labute approximate surface area is 293 Å². The number of nitrogens with one attached hydrogen (secondary N) is 3. The summed E-state index contributed by atoms with van der Waals surface area (Å²) in [5.74, 6) is 0.415. The van der Waals surface area contributed by atoms with Crippen LogP contribution >= 0.6 is 23.2 Å². The van der Waals surface area contributed by atoms with Gasteiger partial charge < -0.3 is 26.0 Å². The predicted molar refractivity (Wildman–Crippen MR) is 199 cm³/mol. The average Bonchev–Trinajstić information content (AvgIpc) is 3.06. The van der Waals surface area contributed by atoms with Crippen LogP contribution in [-0.2, 0) is 20.9 Å². The predicted octanol–water partition coefficient (Wildman–Crippen LogP) is 9.39. The number of allylic oxidation sites excluding steroid dienone is 1. The van der Waals surface area contributed by atoms with Crippen molar-refractivity contribution in [3.63, 3.8) is 0 Å². The van der Waals surface area contributed by atoms with Crippen molar-refractivity contribution in [2.24, 2.45) is 4.99 Å². The van der Waals surface area contributed by atoms with Gasteiger partial charge in [0.25, 0.3) is 0 Å². The molecular weight excluding hydrogens is 649 g/mol. The lowest BCUT2D eigenvalue weighted by Gasteiger charge is -2.25. The van der Waals surface area contributed by atoms with Crippen LogP contribution in [-0.4, -0.2) is 33.6 Å².